The van der Waals surface area contributed by atoms with E-state index in [9.17, 15) is 4.79 Å². The number of anilines is 1. The Morgan fingerprint density at radius 1 is 1.22 bits per heavy atom. The molecule has 1 saturated carbocycles. The van der Waals surface area contributed by atoms with Crippen LogP contribution in [0.15, 0.2) is 47.8 Å². The zero-order chi connectivity index (χ0) is 24.6. The molecule has 36 heavy (non-hydrogen) atoms. The van der Waals surface area contributed by atoms with E-state index in [4.69, 9.17) is 17.3 Å². The van der Waals surface area contributed by atoms with Gasteiger partial charge < -0.3 is 15.3 Å². The summed E-state index contributed by atoms with van der Waals surface area (Å²) >= 11 is 7.50. The van der Waals surface area contributed by atoms with Crippen molar-refractivity contribution in [3.63, 3.8) is 0 Å². The largest absolute Gasteiger partial charge is 0.375 e. The van der Waals surface area contributed by atoms with Crippen LogP contribution in [0.1, 0.15) is 36.8 Å². The van der Waals surface area contributed by atoms with E-state index in [1.54, 1.807) is 23.0 Å². The minimum atomic E-state index is -0.632. The summed E-state index contributed by atoms with van der Waals surface area (Å²) < 4.78 is 18.5. The number of fused-ring (bicyclic) bond motifs is 2. The SMILES string of the molecule is Nc1ncc(-c2cnc([C@@H]3CC4(CC4)c4cc(-c5c(-n6cnnn6)ccc(Cl)c5F)cc(=O)n43)[nH]2)s1. The van der Waals surface area contributed by atoms with Gasteiger partial charge in [-0.3, -0.25) is 4.79 Å². The fourth-order valence-electron chi connectivity index (χ4n) is 5.17. The molecule has 7 rings (SSSR count). The third kappa shape index (κ3) is 3.14. The number of hydrogen-bond acceptors (Lipinski definition) is 8. The van der Waals surface area contributed by atoms with Crippen molar-refractivity contribution in [2.45, 2.75) is 30.7 Å². The monoisotopic (exact) mass is 521 g/mol. The molecule has 0 unspecified atom stereocenters. The minimum absolute atomic E-state index is 0.0479. The van der Waals surface area contributed by atoms with Crippen LogP contribution in [0.25, 0.3) is 27.4 Å². The fraction of sp³-hybridized carbons (Fsp3) is 0.217. The Hall–Kier alpha value is -3.90. The number of halogens is 2. The van der Waals surface area contributed by atoms with Crippen molar-refractivity contribution < 1.29 is 4.39 Å². The normalized spacial score (nSPS) is 17.6. The van der Waals surface area contributed by atoms with E-state index in [1.807, 2.05) is 6.07 Å². The van der Waals surface area contributed by atoms with Crippen LogP contribution in [0.2, 0.25) is 5.02 Å². The Morgan fingerprint density at radius 2 is 2.08 bits per heavy atom. The molecule has 1 fully saturated rings. The van der Waals surface area contributed by atoms with Crippen molar-refractivity contribution in [3.8, 4) is 27.4 Å². The van der Waals surface area contributed by atoms with E-state index in [1.165, 1.54) is 34.5 Å². The Kier molecular flexibility index (Phi) is 4.48. The first kappa shape index (κ1) is 21.4. The van der Waals surface area contributed by atoms with Crippen molar-refractivity contribution in [3.05, 3.63) is 75.7 Å². The van der Waals surface area contributed by atoms with Gasteiger partial charge in [-0.15, -0.1) is 5.10 Å². The number of imidazole rings is 1. The molecule has 5 aromatic rings. The van der Waals surface area contributed by atoms with Crippen LogP contribution < -0.4 is 11.3 Å². The van der Waals surface area contributed by atoms with Gasteiger partial charge in [0.05, 0.1) is 33.5 Å². The molecular weight excluding hydrogens is 505 g/mol. The van der Waals surface area contributed by atoms with E-state index in [0.29, 0.717) is 22.2 Å². The number of hydrogen-bond donors (Lipinski definition) is 2. The van der Waals surface area contributed by atoms with Gasteiger partial charge in [0, 0.05) is 28.9 Å². The van der Waals surface area contributed by atoms with Gasteiger partial charge >= 0.3 is 0 Å². The quantitative estimate of drug-likeness (QED) is 0.368. The number of rotatable bonds is 4. The number of nitrogens with two attached hydrogens (primary N) is 1. The molecule has 0 amide bonds. The number of H-pyrrole nitrogens is 1. The van der Waals surface area contributed by atoms with Gasteiger partial charge in [0.1, 0.15) is 12.2 Å². The lowest BCUT2D eigenvalue weighted by molar-refractivity contribution is 0.542. The zero-order valence-electron chi connectivity index (χ0n) is 18.5. The number of thiazole rings is 1. The number of aromatic amines is 1. The lowest BCUT2D eigenvalue weighted by Crippen LogP contribution is -2.24. The standard InChI is InChI=1S/C23H17ClFN9OS/c24-12-1-2-14(33-10-29-31-32-33)19(20(12)25)11-5-17-23(3-4-23)7-15(34(17)18(35)6-11)21-27-8-13(30-21)16-9-28-22(26)36-16/h1-2,5-6,8-10,15H,3-4,7H2,(H2,26,28)(H,27,30)/t15-/m0/s1. The number of pyridine rings is 1. The predicted octanol–water partition coefficient (Wildman–Crippen LogP) is 3.74. The molecular formula is C23H17ClFN9OS. The second kappa shape index (κ2) is 7.55. The maximum atomic E-state index is 15.4. The van der Waals surface area contributed by atoms with Gasteiger partial charge in [-0.2, -0.15) is 4.68 Å². The van der Waals surface area contributed by atoms with Gasteiger partial charge in [0.25, 0.3) is 5.56 Å². The molecule has 1 spiro atoms. The molecule has 0 bridgehead atoms. The van der Waals surface area contributed by atoms with Gasteiger partial charge in [-0.25, -0.2) is 14.4 Å². The molecule has 0 radical (unpaired) electrons. The molecule has 2 aliphatic rings. The summed E-state index contributed by atoms with van der Waals surface area (Å²) in [6.45, 7) is 0. The fourth-order valence-corrected chi connectivity index (χ4v) is 5.98. The van der Waals surface area contributed by atoms with Crippen LogP contribution in [0.3, 0.4) is 0 Å². The zero-order valence-corrected chi connectivity index (χ0v) is 20.1. The molecule has 4 aromatic heterocycles. The number of tetrazole rings is 1. The molecule has 13 heteroatoms. The van der Waals surface area contributed by atoms with E-state index >= 15 is 4.39 Å². The van der Waals surface area contributed by atoms with Crippen LogP contribution in [0.4, 0.5) is 9.52 Å². The van der Waals surface area contributed by atoms with E-state index < -0.39 is 5.82 Å². The third-order valence-electron chi connectivity index (χ3n) is 7.02. The van der Waals surface area contributed by atoms with E-state index in [2.05, 4.69) is 30.5 Å². The molecule has 3 N–H and O–H groups in total. The Balaban J connectivity index is 1.37. The first-order valence-corrected chi connectivity index (χ1v) is 12.4. The highest BCUT2D eigenvalue weighted by atomic mass is 35.5. The first-order valence-electron chi connectivity index (χ1n) is 11.2. The number of nitrogen functional groups attached to an aromatic ring is 1. The van der Waals surface area contributed by atoms with Crippen LogP contribution >= 0.6 is 22.9 Å². The number of aromatic nitrogens is 8. The summed E-state index contributed by atoms with van der Waals surface area (Å²) in [5.41, 5.74) is 8.07. The Bertz CT molecular complexity index is 1700. The molecule has 10 nitrogen and oxygen atoms in total. The summed E-state index contributed by atoms with van der Waals surface area (Å²) in [4.78, 5) is 26.5. The lowest BCUT2D eigenvalue weighted by Gasteiger charge is -2.16. The van der Waals surface area contributed by atoms with Gasteiger partial charge in [0.15, 0.2) is 10.9 Å². The molecule has 1 aliphatic carbocycles. The van der Waals surface area contributed by atoms with Gasteiger partial charge in [-0.1, -0.05) is 22.9 Å². The Morgan fingerprint density at radius 3 is 2.81 bits per heavy atom. The second-order valence-electron chi connectivity index (χ2n) is 9.09. The van der Waals surface area contributed by atoms with Gasteiger partial charge in [0.2, 0.25) is 0 Å². The maximum Gasteiger partial charge on any atom is 0.252 e. The van der Waals surface area contributed by atoms with Crippen molar-refractivity contribution in [1.82, 2.24) is 39.7 Å². The van der Waals surface area contributed by atoms with Crippen molar-refractivity contribution in [2.75, 3.05) is 5.73 Å². The average Bonchev–Trinajstić information content (AvgIpc) is 3.34. The minimum Gasteiger partial charge on any atom is -0.375 e. The van der Waals surface area contributed by atoms with Crippen LogP contribution in [-0.4, -0.2) is 39.7 Å². The van der Waals surface area contributed by atoms with Crippen LogP contribution in [0, 0.1) is 5.82 Å². The topological polar surface area (TPSA) is 133 Å². The second-order valence-corrected chi connectivity index (χ2v) is 10.6. The number of benzene rings is 1. The summed E-state index contributed by atoms with van der Waals surface area (Å²) in [7, 11) is 0. The summed E-state index contributed by atoms with van der Waals surface area (Å²) in [5.74, 6) is 0.0630. The highest BCUT2D eigenvalue weighted by Gasteiger charge is 2.54. The molecule has 1 atom stereocenters. The average molecular weight is 522 g/mol. The number of nitrogens with zero attached hydrogens (tertiary/aromatic N) is 7. The third-order valence-corrected chi connectivity index (χ3v) is 8.17. The lowest BCUT2D eigenvalue weighted by atomic mass is 9.95. The highest BCUT2D eigenvalue weighted by Crippen LogP contribution is 2.58. The predicted molar refractivity (Wildman–Crippen MR) is 132 cm³/mol. The van der Waals surface area contributed by atoms with E-state index in [0.717, 1.165) is 35.5 Å². The molecule has 5 heterocycles. The Labute approximate surface area is 211 Å². The van der Waals surface area contributed by atoms with Crippen LogP contribution in [0.5, 0.6) is 0 Å². The maximum absolute atomic E-state index is 15.4. The highest BCUT2D eigenvalue weighted by molar-refractivity contribution is 7.18. The van der Waals surface area contributed by atoms with Crippen molar-refractivity contribution in [2.24, 2.45) is 0 Å². The summed E-state index contributed by atoms with van der Waals surface area (Å²) in [5, 5.41) is 11.6. The molecule has 0 saturated heterocycles. The van der Waals surface area contributed by atoms with Gasteiger partial charge in [-0.05, 0) is 53.5 Å². The molecule has 180 valence electrons. The first-order chi connectivity index (χ1) is 17.4. The number of nitrogens with one attached hydrogen (secondary N) is 1. The summed E-state index contributed by atoms with van der Waals surface area (Å²) in [6, 6.07) is 6.15. The van der Waals surface area contributed by atoms with Crippen molar-refractivity contribution >= 4 is 28.1 Å². The van der Waals surface area contributed by atoms with E-state index in [-0.39, 0.29) is 27.6 Å². The summed E-state index contributed by atoms with van der Waals surface area (Å²) in [6.07, 6.45) is 7.44. The molecule has 1 aliphatic heterocycles. The van der Waals surface area contributed by atoms with Crippen LogP contribution in [-0.2, 0) is 5.41 Å². The smallest absolute Gasteiger partial charge is 0.252 e. The molecule has 1 aromatic carbocycles. The van der Waals surface area contributed by atoms with Crippen molar-refractivity contribution in [1.29, 1.82) is 0 Å².